The second kappa shape index (κ2) is 18.4. The first-order valence-corrected chi connectivity index (χ1v) is 25.1. The first kappa shape index (κ1) is 50.9. The lowest BCUT2D eigenvalue weighted by Crippen LogP contribution is -2.35. The predicted molar refractivity (Wildman–Crippen MR) is 235 cm³/mol. The van der Waals surface area contributed by atoms with Gasteiger partial charge in [-0.25, -0.2) is 87.7 Å². The minimum Gasteiger partial charge on any atom is -0.361 e. The molecule has 0 unspecified atom stereocenters. The molecule has 4 aliphatic heterocycles. The SMILES string of the molecule is O=S(=O)(c1cc2[nH]c1c(-c1c(F)c(F)c(F)c(F)c1F)c1nc(c(-c3c(F)c(F)c(F)c(F)c3F)c3[nH]c(c(-c4c(F)c(F)c(F)c(F)c4F)c4[nH]c2cc4S(=O)(=O)N2CCCCC2)CC3)C=C1)N1CCCCC1. The number of hydrogen-bond acceptors (Lipinski definition) is 5. The Hall–Kier alpha value is -6.58. The van der Waals surface area contributed by atoms with Gasteiger partial charge in [0.05, 0.1) is 50.1 Å². The summed E-state index contributed by atoms with van der Waals surface area (Å²) in [6.45, 7) is -0.832. The largest absolute Gasteiger partial charge is 0.361 e. The molecular weight excluding hydrogens is 1060 g/mol. The van der Waals surface area contributed by atoms with E-state index in [4.69, 9.17) is 0 Å². The van der Waals surface area contributed by atoms with E-state index in [-0.39, 0.29) is 51.9 Å². The Bertz CT molecular complexity index is 3790. The molecule has 74 heavy (non-hydrogen) atoms. The van der Waals surface area contributed by atoms with Crippen LogP contribution in [0.25, 0.3) is 67.6 Å². The van der Waals surface area contributed by atoms with Gasteiger partial charge in [-0.15, -0.1) is 0 Å². The molecule has 3 aromatic heterocycles. The van der Waals surface area contributed by atoms with Crippen LogP contribution >= 0.6 is 0 Å². The topological polar surface area (TPSA) is 135 Å². The Balaban J connectivity index is 1.53. The van der Waals surface area contributed by atoms with Crippen molar-refractivity contribution in [3.63, 3.8) is 0 Å². The van der Waals surface area contributed by atoms with E-state index in [0.717, 1.165) is 14.7 Å². The van der Waals surface area contributed by atoms with Gasteiger partial charge in [0.1, 0.15) is 9.79 Å². The highest BCUT2D eigenvalue weighted by Crippen LogP contribution is 2.45. The number of benzene rings is 3. The quantitative estimate of drug-likeness (QED) is 0.0830. The van der Waals surface area contributed by atoms with Gasteiger partial charge in [0.25, 0.3) is 0 Å². The number of fused-ring (bicyclic) bond motifs is 9. The molecule has 10 nitrogen and oxygen atoms in total. The van der Waals surface area contributed by atoms with E-state index in [1.807, 2.05) is 0 Å². The first-order chi connectivity index (χ1) is 35.0. The zero-order chi connectivity index (χ0) is 53.2. The van der Waals surface area contributed by atoms with Crippen LogP contribution in [0.4, 0.5) is 65.9 Å². The summed E-state index contributed by atoms with van der Waals surface area (Å²) in [7, 11) is -10.1. The van der Waals surface area contributed by atoms with Gasteiger partial charge in [-0.2, -0.15) is 8.61 Å². The molecular formula is C47H31F15N6O4S2. The van der Waals surface area contributed by atoms with Crippen molar-refractivity contribution < 1.29 is 82.7 Å². The summed E-state index contributed by atoms with van der Waals surface area (Å²) in [4.78, 5) is 9.59. The van der Waals surface area contributed by atoms with Crippen molar-refractivity contribution in [2.24, 2.45) is 0 Å². The van der Waals surface area contributed by atoms with Gasteiger partial charge in [-0.05, 0) is 62.8 Å². The average molecular weight is 1090 g/mol. The number of hydrogen-bond donors (Lipinski definition) is 3. The predicted octanol–water partition coefficient (Wildman–Crippen LogP) is 11.6. The molecule has 27 heteroatoms. The van der Waals surface area contributed by atoms with Gasteiger partial charge in [0.2, 0.25) is 37.5 Å². The van der Waals surface area contributed by atoms with E-state index >= 15 is 52.7 Å². The summed E-state index contributed by atoms with van der Waals surface area (Å²) < 4.78 is 295. The number of nitrogens with one attached hydrogen (secondary N) is 3. The van der Waals surface area contributed by atoms with Crippen molar-refractivity contribution >= 4 is 54.3 Å². The lowest BCUT2D eigenvalue weighted by atomic mass is 9.98. The number of sulfonamides is 2. The van der Waals surface area contributed by atoms with Gasteiger partial charge in [-0.1, -0.05) is 12.8 Å². The van der Waals surface area contributed by atoms with E-state index in [1.165, 1.54) is 0 Å². The van der Waals surface area contributed by atoms with Crippen molar-refractivity contribution in [2.75, 3.05) is 26.2 Å². The molecule has 2 saturated heterocycles. The third-order valence-corrected chi connectivity index (χ3v) is 17.1. The first-order valence-electron chi connectivity index (χ1n) is 22.3. The Labute approximate surface area is 407 Å². The van der Waals surface area contributed by atoms with Crippen LogP contribution in [0.2, 0.25) is 0 Å². The smallest absolute Gasteiger partial charge is 0.245 e. The van der Waals surface area contributed by atoms with Crippen LogP contribution < -0.4 is 0 Å². The number of halogens is 15. The number of aryl methyl sites for hydroxylation is 2. The van der Waals surface area contributed by atoms with Crippen LogP contribution in [0.3, 0.4) is 0 Å². The highest BCUT2D eigenvalue weighted by atomic mass is 32.2. The summed E-state index contributed by atoms with van der Waals surface area (Å²) >= 11 is 0. The maximum atomic E-state index is 16.4. The highest BCUT2D eigenvalue weighted by Gasteiger charge is 2.39. The van der Waals surface area contributed by atoms with Crippen molar-refractivity contribution in [1.82, 2.24) is 28.5 Å². The van der Waals surface area contributed by atoms with Crippen molar-refractivity contribution in [1.29, 1.82) is 0 Å². The van der Waals surface area contributed by atoms with Gasteiger partial charge >= 0.3 is 0 Å². The molecule has 2 fully saturated rings. The third kappa shape index (κ3) is 7.73. The van der Waals surface area contributed by atoms with E-state index in [2.05, 4.69) is 19.9 Å². The summed E-state index contributed by atoms with van der Waals surface area (Å²) in [5.41, 5.74) is -16.0. The molecule has 10 rings (SSSR count). The Morgan fingerprint density at radius 2 is 0.662 bits per heavy atom. The van der Waals surface area contributed by atoms with Crippen LogP contribution in [0.15, 0.2) is 21.9 Å². The van der Waals surface area contributed by atoms with Gasteiger partial charge < -0.3 is 15.0 Å². The van der Waals surface area contributed by atoms with E-state index < -0.39 is 208 Å². The molecule has 4 aliphatic rings. The van der Waals surface area contributed by atoms with Crippen LogP contribution in [-0.4, -0.2) is 71.6 Å². The van der Waals surface area contributed by atoms with Crippen LogP contribution in [0, 0.1) is 87.3 Å². The molecule has 3 aromatic carbocycles. The fraction of sp³-hybridized carbons (Fsp3) is 0.255. The molecule has 0 atom stereocenters. The monoisotopic (exact) mass is 1090 g/mol. The van der Waals surface area contributed by atoms with E-state index in [0.29, 0.717) is 31.1 Å². The lowest BCUT2D eigenvalue weighted by Gasteiger charge is -2.25. The zero-order valence-electron chi connectivity index (χ0n) is 37.3. The average Bonchev–Trinajstić information content (AvgIpc) is 4.25. The molecule has 0 saturated carbocycles. The summed E-state index contributed by atoms with van der Waals surface area (Å²) in [5.74, 6) is -39.0. The highest BCUT2D eigenvalue weighted by molar-refractivity contribution is 7.89. The summed E-state index contributed by atoms with van der Waals surface area (Å²) in [6.07, 6.45) is 1.81. The molecule has 0 spiro atoms. The molecule has 6 aromatic rings. The fourth-order valence-corrected chi connectivity index (χ4v) is 13.1. The second-order valence-corrected chi connectivity index (χ2v) is 21.3. The number of aromatic nitrogens is 4. The van der Waals surface area contributed by atoms with E-state index in [1.54, 1.807) is 0 Å². The number of rotatable bonds is 7. The summed E-state index contributed by atoms with van der Waals surface area (Å²) in [6, 6.07) is 1.44. The number of H-pyrrole nitrogens is 3. The molecule has 0 radical (unpaired) electrons. The van der Waals surface area contributed by atoms with Crippen LogP contribution in [0.5, 0.6) is 0 Å². The molecule has 8 bridgehead atoms. The van der Waals surface area contributed by atoms with E-state index in [9.17, 15) is 30.0 Å². The Morgan fingerprint density at radius 1 is 0.365 bits per heavy atom. The summed E-state index contributed by atoms with van der Waals surface area (Å²) in [5, 5.41) is 0. The van der Waals surface area contributed by atoms with Crippen molar-refractivity contribution in [2.45, 2.75) is 61.2 Å². The number of aromatic amines is 3. The fourth-order valence-electron chi connectivity index (χ4n) is 9.72. The van der Waals surface area contributed by atoms with Gasteiger partial charge in [0.15, 0.2) is 69.8 Å². The molecule has 0 amide bonds. The van der Waals surface area contributed by atoms with Crippen LogP contribution in [-0.2, 0) is 32.9 Å². The maximum Gasteiger partial charge on any atom is 0.245 e. The Kier molecular flexibility index (Phi) is 12.6. The third-order valence-electron chi connectivity index (χ3n) is 13.3. The standard InChI is InChI=1S/C47H31F15N6O4S2/c48-31-28(32(49)38(55)43(60)37(31)54)25-17-7-9-19(63-17)26(29-33(50)39(56)44(61)40(57)34(29)51)46-23(73(69,70)67-11-3-1-4-12-67)15-21(65-46)22-16-24(74(71,72)68-13-5-2-6-14-68)47(66-22)27(20-10-8-18(25)64-20)30-35(52)41(58)45(62)42(59)36(30)53/h7,9,15-16,64-66H,1-6,8,10-14H2. The molecule has 3 N–H and O–H groups in total. The molecule has 0 aliphatic carbocycles. The zero-order valence-corrected chi connectivity index (χ0v) is 38.9. The van der Waals surface area contributed by atoms with Gasteiger partial charge in [0, 0.05) is 54.3 Å². The van der Waals surface area contributed by atoms with Crippen molar-refractivity contribution in [3.8, 4) is 33.4 Å². The lowest BCUT2D eigenvalue weighted by molar-refractivity contribution is 0.346. The number of nitrogens with zero attached hydrogens (tertiary/aromatic N) is 3. The van der Waals surface area contributed by atoms with Crippen LogP contribution in [0.1, 0.15) is 61.3 Å². The Morgan fingerprint density at radius 3 is 1.04 bits per heavy atom. The normalized spacial score (nSPS) is 16.0. The minimum absolute atomic E-state index is 0.202. The molecule has 7 heterocycles. The molecule has 390 valence electrons. The minimum atomic E-state index is -5.06. The number of piperidine rings is 2. The van der Waals surface area contributed by atoms with Gasteiger partial charge in [-0.3, -0.25) is 0 Å². The second-order valence-electron chi connectivity index (χ2n) is 17.5. The maximum absolute atomic E-state index is 16.4. The van der Waals surface area contributed by atoms with Crippen molar-refractivity contribution in [3.05, 3.63) is 122 Å².